The summed E-state index contributed by atoms with van der Waals surface area (Å²) in [5.74, 6) is 3.09. The summed E-state index contributed by atoms with van der Waals surface area (Å²) >= 11 is 0. The molecule has 0 amide bonds. The molecular formula is C26H39FO. The van der Waals surface area contributed by atoms with E-state index in [-0.39, 0.29) is 24.9 Å². The summed E-state index contributed by atoms with van der Waals surface area (Å²) in [7, 11) is 0. The summed E-state index contributed by atoms with van der Waals surface area (Å²) < 4.78 is 14.3. The van der Waals surface area contributed by atoms with Crippen LogP contribution in [0.5, 0.6) is 0 Å². The Bertz CT molecular complexity index is 678. The van der Waals surface area contributed by atoms with Crippen LogP contribution in [0.4, 0.5) is 4.39 Å². The van der Waals surface area contributed by atoms with Crippen molar-refractivity contribution in [3.05, 3.63) is 34.6 Å². The summed E-state index contributed by atoms with van der Waals surface area (Å²) in [6.45, 7) is 4.23. The van der Waals surface area contributed by atoms with Crippen molar-refractivity contribution >= 4 is 5.78 Å². The lowest BCUT2D eigenvalue weighted by atomic mass is 9.66. The van der Waals surface area contributed by atoms with Crippen LogP contribution in [0, 0.1) is 42.3 Å². The Labute approximate surface area is 171 Å². The van der Waals surface area contributed by atoms with E-state index in [1.165, 1.54) is 70.3 Å². The van der Waals surface area contributed by atoms with Crippen molar-refractivity contribution in [3.63, 3.8) is 0 Å². The molecule has 2 fully saturated rings. The molecule has 0 saturated heterocycles. The van der Waals surface area contributed by atoms with E-state index in [0.717, 1.165) is 35.3 Å². The van der Waals surface area contributed by atoms with Gasteiger partial charge in [-0.1, -0.05) is 46.1 Å². The van der Waals surface area contributed by atoms with Gasteiger partial charge in [0.15, 0.2) is 5.78 Å². The van der Waals surface area contributed by atoms with Crippen molar-refractivity contribution in [1.82, 2.24) is 0 Å². The molecule has 1 aromatic rings. The molecule has 28 heavy (non-hydrogen) atoms. The van der Waals surface area contributed by atoms with Gasteiger partial charge in [0.25, 0.3) is 0 Å². The smallest absolute Gasteiger partial charge is 0.169 e. The van der Waals surface area contributed by atoms with Crippen LogP contribution in [0.2, 0.25) is 0 Å². The van der Waals surface area contributed by atoms with Crippen molar-refractivity contribution in [1.29, 1.82) is 0 Å². The number of rotatable bonds is 4. The van der Waals surface area contributed by atoms with E-state index in [1.807, 2.05) is 13.0 Å². The zero-order valence-electron chi connectivity index (χ0n) is 17.1. The molecule has 0 radical (unpaired) electrons. The summed E-state index contributed by atoms with van der Waals surface area (Å²) in [6, 6.07) is 3.54. The largest absolute Gasteiger partial charge is 0.294 e. The topological polar surface area (TPSA) is 17.1 Å². The number of fused-ring (bicyclic) bond motifs is 1. The predicted octanol–water partition coefficient (Wildman–Crippen LogP) is 7.54. The average Bonchev–Trinajstić information content (AvgIpc) is 2.99. The fourth-order valence-corrected chi connectivity index (χ4v) is 6.52. The van der Waals surface area contributed by atoms with E-state index in [2.05, 4.69) is 6.92 Å². The number of hydrogen-bond donors (Lipinski definition) is 0. The van der Waals surface area contributed by atoms with Crippen molar-refractivity contribution in [2.45, 2.75) is 91.9 Å². The van der Waals surface area contributed by atoms with Gasteiger partial charge in [-0.05, 0) is 92.7 Å². The van der Waals surface area contributed by atoms with Gasteiger partial charge < -0.3 is 0 Å². The highest BCUT2D eigenvalue weighted by Crippen LogP contribution is 2.46. The molecule has 1 nitrogen and oxygen atoms in total. The van der Waals surface area contributed by atoms with Gasteiger partial charge in [0, 0.05) is 5.92 Å². The van der Waals surface area contributed by atoms with Gasteiger partial charge in [-0.15, -0.1) is 0 Å². The second-order valence-corrected chi connectivity index (χ2v) is 9.70. The third-order valence-corrected chi connectivity index (χ3v) is 7.98. The number of hydrogen-bond acceptors (Lipinski definition) is 1. The highest BCUT2D eigenvalue weighted by atomic mass is 19.1. The highest BCUT2D eigenvalue weighted by molar-refractivity contribution is 6.02. The molecule has 1 atom stereocenters. The molecule has 0 bridgehead atoms. The number of ketones is 1. The van der Waals surface area contributed by atoms with Gasteiger partial charge in [0.1, 0.15) is 5.82 Å². The summed E-state index contributed by atoms with van der Waals surface area (Å²) in [5, 5.41) is 0. The van der Waals surface area contributed by atoms with Crippen LogP contribution >= 0.6 is 0 Å². The maximum Gasteiger partial charge on any atom is 0.169 e. The molecule has 0 aliphatic heterocycles. The molecule has 0 aromatic heterocycles. The predicted molar refractivity (Wildman–Crippen MR) is 115 cm³/mol. The molecule has 156 valence electrons. The fourth-order valence-electron chi connectivity index (χ4n) is 6.52. The molecule has 4 rings (SSSR count). The maximum absolute atomic E-state index is 14.3. The van der Waals surface area contributed by atoms with Crippen molar-refractivity contribution in [3.8, 4) is 0 Å². The Hall–Kier alpha value is -1.18. The molecule has 0 N–H and O–H groups in total. The number of Topliss-reactive ketones (excluding diaryl/α,β-unsaturated/α-hetero) is 1. The molecule has 0 spiro atoms. The van der Waals surface area contributed by atoms with Crippen molar-refractivity contribution < 1.29 is 9.18 Å². The zero-order valence-corrected chi connectivity index (χ0v) is 17.1. The van der Waals surface area contributed by atoms with Crippen LogP contribution in [0.3, 0.4) is 0 Å². The minimum atomic E-state index is -0.296. The number of halogens is 1. The molecule has 1 unspecified atom stereocenters. The van der Waals surface area contributed by atoms with Crippen LogP contribution in [-0.4, -0.2) is 5.78 Å². The van der Waals surface area contributed by atoms with E-state index < -0.39 is 0 Å². The first-order valence-electron chi connectivity index (χ1n) is 11.4. The van der Waals surface area contributed by atoms with Gasteiger partial charge in [-0.25, -0.2) is 4.39 Å². The van der Waals surface area contributed by atoms with Crippen LogP contribution in [-0.2, 0) is 6.42 Å². The second kappa shape index (κ2) is 9.09. The number of carbonyl (C=O) groups is 1. The van der Waals surface area contributed by atoms with Crippen molar-refractivity contribution in [2.75, 3.05) is 0 Å². The van der Waals surface area contributed by atoms with Gasteiger partial charge in [0.2, 0.25) is 0 Å². The third-order valence-electron chi connectivity index (χ3n) is 7.98. The molecule has 0 heterocycles. The lowest BCUT2D eigenvalue weighted by Gasteiger charge is -2.39. The third kappa shape index (κ3) is 4.21. The van der Waals surface area contributed by atoms with E-state index in [4.69, 9.17) is 0 Å². The lowest BCUT2D eigenvalue weighted by molar-refractivity contribution is 0.0808. The monoisotopic (exact) mass is 386 g/mol. The van der Waals surface area contributed by atoms with E-state index in [1.54, 1.807) is 0 Å². The summed E-state index contributed by atoms with van der Waals surface area (Å²) in [5.41, 5.74) is 2.29. The fraction of sp³-hybridized carbons (Fsp3) is 0.731. The second-order valence-electron chi connectivity index (χ2n) is 9.70. The van der Waals surface area contributed by atoms with E-state index in [9.17, 15) is 9.18 Å². The van der Waals surface area contributed by atoms with E-state index >= 15 is 0 Å². The Morgan fingerprint density at radius 2 is 1.50 bits per heavy atom. The van der Waals surface area contributed by atoms with Crippen LogP contribution in [0.25, 0.3) is 0 Å². The Morgan fingerprint density at radius 3 is 2.11 bits per heavy atom. The minimum Gasteiger partial charge on any atom is -0.294 e. The number of aryl methyl sites for hydroxylation is 1. The molecular weight excluding hydrogens is 347 g/mol. The summed E-state index contributed by atoms with van der Waals surface area (Å²) in [6.07, 6.45) is 14.2. The van der Waals surface area contributed by atoms with Crippen LogP contribution in [0.15, 0.2) is 12.1 Å². The number of benzene rings is 1. The first kappa shape index (κ1) is 21.5. The zero-order chi connectivity index (χ0) is 19.0. The standard InChI is InChI=1S/C25H35FO.CH4/c1-3-4-17-5-7-18(8-6-17)19-9-11-20(12-10-19)22-15-21-13-16(2)14-23(26)24(21)25(22)27;/h13-14,17-20,22H,3-12,15H2,1-2H3;1H4. The quantitative estimate of drug-likeness (QED) is 0.522. The Morgan fingerprint density at radius 1 is 0.929 bits per heavy atom. The normalized spacial score (nSPS) is 32.7. The first-order valence-corrected chi connectivity index (χ1v) is 11.4. The van der Waals surface area contributed by atoms with Gasteiger partial charge in [-0.3, -0.25) is 4.79 Å². The maximum atomic E-state index is 14.3. The average molecular weight is 387 g/mol. The van der Waals surface area contributed by atoms with E-state index in [0.29, 0.717) is 11.5 Å². The SMILES string of the molecule is C.CCCC1CCC(C2CCC(C3Cc4cc(C)cc(F)c4C3=O)CC2)CC1. The lowest BCUT2D eigenvalue weighted by Crippen LogP contribution is -2.30. The summed E-state index contributed by atoms with van der Waals surface area (Å²) in [4.78, 5) is 12.9. The Kier molecular flexibility index (Phi) is 6.99. The molecule has 3 aliphatic carbocycles. The number of carbonyl (C=O) groups excluding carboxylic acids is 1. The van der Waals surface area contributed by atoms with Crippen LogP contribution in [0.1, 0.15) is 100 Å². The van der Waals surface area contributed by atoms with Gasteiger partial charge in [0.05, 0.1) is 5.56 Å². The molecule has 1 aromatic carbocycles. The molecule has 2 saturated carbocycles. The highest BCUT2D eigenvalue weighted by Gasteiger charge is 2.40. The van der Waals surface area contributed by atoms with Gasteiger partial charge >= 0.3 is 0 Å². The molecule has 3 aliphatic rings. The van der Waals surface area contributed by atoms with Crippen LogP contribution < -0.4 is 0 Å². The van der Waals surface area contributed by atoms with Crippen molar-refractivity contribution in [2.24, 2.45) is 29.6 Å². The first-order chi connectivity index (χ1) is 13.1. The molecule has 2 heteroatoms. The Balaban J connectivity index is 0.00000225. The minimum absolute atomic E-state index is 0. The van der Waals surface area contributed by atoms with Gasteiger partial charge in [-0.2, -0.15) is 0 Å².